The minimum atomic E-state index is 0.842. The minimum absolute atomic E-state index is 0.842. The summed E-state index contributed by atoms with van der Waals surface area (Å²) in [7, 11) is 0. The van der Waals surface area contributed by atoms with E-state index in [0.717, 1.165) is 70.0 Å². The van der Waals surface area contributed by atoms with Gasteiger partial charge in [0.25, 0.3) is 0 Å². The van der Waals surface area contributed by atoms with Gasteiger partial charge in [-0.3, -0.25) is 0 Å². The largest absolute Gasteiger partial charge is 0.457 e. The van der Waals surface area contributed by atoms with Gasteiger partial charge in [-0.25, -0.2) is 0 Å². The first-order valence-electron chi connectivity index (χ1n) is 21.1. The average Bonchev–Trinajstić information content (AvgIpc) is 3.26. The van der Waals surface area contributed by atoms with Crippen molar-refractivity contribution in [1.29, 1.82) is 0 Å². The van der Waals surface area contributed by atoms with Gasteiger partial charge in [0.2, 0.25) is 0 Å². The molecule has 60 heavy (non-hydrogen) atoms. The van der Waals surface area contributed by atoms with Crippen LogP contribution >= 0.6 is 0 Å². The molecule has 0 aromatic heterocycles. The van der Waals surface area contributed by atoms with Crippen molar-refractivity contribution in [2.75, 3.05) is 9.80 Å². The third-order valence-corrected chi connectivity index (χ3v) is 13.1. The maximum atomic E-state index is 6.55. The van der Waals surface area contributed by atoms with Gasteiger partial charge >= 0.3 is 0 Å². The molecule has 0 bridgehead atoms. The van der Waals surface area contributed by atoms with Crippen LogP contribution in [0.4, 0.5) is 28.4 Å². The van der Waals surface area contributed by atoms with Crippen LogP contribution in [-0.4, -0.2) is 0 Å². The van der Waals surface area contributed by atoms with Gasteiger partial charge in [0.15, 0.2) is 17.2 Å². The molecule has 0 atom stereocenters. The summed E-state index contributed by atoms with van der Waals surface area (Å²) >= 11 is 0. The predicted octanol–water partition coefficient (Wildman–Crippen LogP) is 15.8. The Hall–Kier alpha value is -7.04. The highest BCUT2D eigenvalue weighted by Gasteiger charge is 2.30. The maximum absolute atomic E-state index is 6.55. The number of aryl methyl sites for hydroxylation is 4. The summed E-state index contributed by atoms with van der Waals surface area (Å²) in [6, 6.07) is 48.9. The third kappa shape index (κ3) is 5.58. The van der Waals surface area contributed by atoms with Gasteiger partial charge in [0.1, 0.15) is 5.76 Å². The SMILES string of the molecule is Cc1cc(-c2c3ccc(N4c5ccccc5Oc5ccccc54)cc3c(-c3cc(C)c(C)c(C)c3)c3ccc(N4C5=C(CCC=C5)Oc5ccccc54)cc23)cc(C)c1C. The van der Waals surface area contributed by atoms with Crippen LogP contribution in [0.1, 0.15) is 46.2 Å². The van der Waals surface area contributed by atoms with Crippen LogP contribution in [0.25, 0.3) is 43.8 Å². The average molecular weight is 779 g/mol. The molecule has 2 heterocycles. The number of allylic oxidation sites excluding steroid dienone is 3. The fraction of sp³-hybridized carbons (Fsp3) is 0.143. The Morgan fingerprint density at radius 2 is 0.867 bits per heavy atom. The van der Waals surface area contributed by atoms with Gasteiger partial charge < -0.3 is 19.3 Å². The van der Waals surface area contributed by atoms with E-state index < -0.39 is 0 Å². The Balaban J connectivity index is 1.26. The second kappa shape index (κ2) is 13.8. The second-order valence-electron chi connectivity index (χ2n) is 16.7. The molecule has 0 saturated carbocycles. The van der Waals surface area contributed by atoms with Gasteiger partial charge in [0.05, 0.1) is 22.8 Å². The van der Waals surface area contributed by atoms with Crippen LogP contribution in [0.5, 0.6) is 17.2 Å². The van der Waals surface area contributed by atoms with Crippen molar-refractivity contribution in [3.05, 3.63) is 190 Å². The van der Waals surface area contributed by atoms with Crippen molar-refractivity contribution >= 4 is 50.0 Å². The van der Waals surface area contributed by atoms with Crippen LogP contribution in [0, 0.1) is 41.5 Å². The molecule has 11 rings (SSSR count). The van der Waals surface area contributed by atoms with E-state index in [1.165, 1.54) is 77.2 Å². The Kier molecular flexibility index (Phi) is 8.28. The minimum Gasteiger partial charge on any atom is -0.457 e. The fourth-order valence-corrected chi connectivity index (χ4v) is 9.65. The number of hydrogen-bond donors (Lipinski definition) is 0. The lowest BCUT2D eigenvalue weighted by Gasteiger charge is -2.35. The van der Waals surface area contributed by atoms with E-state index in [9.17, 15) is 0 Å². The monoisotopic (exact) mass is 778 g/mol. The number of nitrogens with zero attached hydrogens (tertiary/aromatic N) is 2. The molecule has 0 N–H and O–H groups in total. The van der Waals surface area contributed by atoms with E-state index in [1.54, 1.807) is 0 Å². The van der Waals surface area contributed by atoms with Crippen molar-refractivity contribution in [1.82, 2.24) is 0 Å². The molecule has 8 aromatic rings. The highest BCUT2D eigenvalue weighted by Crippen LogP contribution is 2.53. The Morgan fingerprint density at radius 3 is 1.37 bits per heavy atom. The van der Waals surface area contributed by atoms with Crippen molar-refractivity contribution in [2.45, 2.75) is 54.4 Å². The van der Waals surface area contributed by atoms with Crippen LogP contribution in [0.15, 0.2) is 157 Å². The maximum Gasteiger partial charge on any atom is 0.151 e. The van der Waals surface area contributed by atoms with Crippen molar-refractivity contribution in [2.24, 2.45) is 0 Å². The zero-order chi connectivity index (χ0) is 40.8. The van der Waals surface area contributed by atoms with Crippen LogP contribution in [-0.2, 0) is 0 Å². The molecule has 8 aromatic carbocycles. The number of hydrogen-bond acceptors (Lipinski definition) is 4. The lowest BCUT2D eigenvalue weighted by atomic mass is 9.83. The highest BCUT2D eigenvalue weighted by molar-refractivity contribution is 6.23. The Morgan fingerprint density at radius 1 is 0.433 bits per heavy atom. The molecule has 1 aliphatic carbocycles. The standard InChI is InChI=1S/C56H46N2O2/c1-33-27-39(28-34(2)37(33)5)55-43-25-23-42(58-49-17-9-13-21-53(49)60-54-22-14-10-18-50(54)58)32-46(43)56(40-29-35(3)38(6)36(4)30-40)44-26-24-41(31-45(44)55)57-47-15-7-11-19-51(47)59-52-20-12-8-16-48(52)57/h7-13,15-21,23-32H,14,22H2,1-6H3. The first-order chi connectivity index (χ1) is 29.2. The number of ether oxygens (including phenoxy) is 2. The number of anilines is 5. The molecule has 3 aliphatic rings. The van der Waals surface area contributed by atoms with Gasteiger partial charge in [-0.15, -0.1) is 0 Å². The summed E-state index contributed by atoms with van der Waals surface area (Å²) in [5.41, 5.74) is 19.1. The van der Waals surface area contributed by atoms with Crippen LogP contribution in [0.2, 0.25) is 0 Å². The Bertz CT molecular complexity index is 3100. The van der Waals surface area contributed by atoms with Crippen LogP contribution < -0.4 is 19.3 Å². The lowest BCUT2D eigenvalue weighted by molar-refractivity contribution is 0.388. The van der Waals surface area contributed by atoms with E-state index in [1.807, 2.05) is 12.1 Å². The van der Waals surface area contributed by atoms with E-state index in [-0.39, 0.29) is 0 Å². The summed E-state index contributed by atoms with van der Waals surface area (Å²) in [6.45, 7) is 13.4. The molecular weight excluding hydrogens is 733 g/mol. The predicted molar refractivity (Wildman–Crippen MR) is 250 cm³/mol. The molecule has 0 radical (unpaired) electrons. The molecule has 2 aliphatic heterocycles. The fourth-order valence-electron chi connectivity index (χ4n) is 9.65. The number of fused-ring (bicyclic) bond motifs is 5. The first-order valence-corrected chi connectivity index (χ1v) is 21.1. The molecule has 0 saturated heterocycles. The van der Waals surface area contributed by atoms with Crippen molar-refractivity contribution in [3.63, 3.8) is 0 Å². The topological polar surface area (TPSA) is 24.9 Å². The summed E-state index contributed by atoms with van der Waals surface area (Å²) in [5, 5.41) is 4.86. The van der Waals surface area contributed by atoms with E-state index >= 15 is 0 Å². The van der Waals surface area contributed by atoms with Crippen molar-refractivity contribution < 1.29 is 9.47 Å². The van der Waals surface area contributed by atoms with E-state index in [2.05, 4.69) is 185 Å². The number of rotatable bonds is 4. The summed E-state index contributed by atoms with van der Waals surface area (Å²) in [4.78, 5) is 4.76. The summed E-state index contributed by atoms with van der Waals surface area (Å²) in [5.74, 6) is 3.59. The second-order valence-corrected chi connectivity index (χ2v) is 16.7. The van der Waals surface area contributed by atoms with Crippen molar-refractivity contribution in [3.8, 4) is 39.5 Å². The zero-order valence-corrected chi connectivity index (χ0v) is 35.0. The van der Waals surface area contributed by atoms with Gasteiger partial charge in [-0.1, -0.05) is 78.9 Å². The smallest absolute Gasteiger partial charge is 0.151 e. The molecule has 0 amide bonds. The van der Waals surface area contributed by atoms with Gasteiger partial charge in [-0.2, -0.15) is 0 Å². The molecule has 4 nitrogen and oxygen atoms in total. The molecule has 0 unspecified atom stereocenters. The Labute approximate surface area is 352 Å². The summed E-state index contributed by atoms with van der Waals surface area (Å²) in [6.07, 6.45) is 6.35. The third-order valence-electron chi connectivity index (χ3n) is 13.1. The van der Waals surface area contributed by atoms with Crippen LogP contribution in [0.3, 0.4) is 0 Å². The normalized spacial score (nSPS) is 14.1. The first kappa shape index (κ1) is 36.1. The molecule has 292 valence electrons. The molecular formula is C56H46N2O2. The highest BCUT2D eigenvalue weighted by atomic mass is 16.5. The summed E-state index contributed by atoms with van der Waals surface area (Å²) < 4.78 is 13.0. The molecule has 4 heteroatoms. The molecule has 0 fully saturated rings. The zero-order valence-electron chi connectivity index (χ0n) is 35.0. The lowest BCUT2D eigenvalue weighted by Crippen LogP contribution is -2.24. The number of benzene rings is 8. The van der Waals surface area contributed by atoms with Gasteiger partial charge in [-0.05, 0) is 192 Å². The van der Waals surface area contributed by atoms with E-state index in [0.29, 0.717) is 0 Å². The molecule has 0 spiro atoms. The number of para-hydroxylation sites is 6. The quantitative estimate of drug-likeness (QED) is 0.166. The van der Waals surface area contributed by atoms with Gasteiger partial charge in [0, 0.05) is 17.8 Å². The van der Waals surface area contributed by atoms with E-state index in [4.69, 9.17) is 9.47 Å².